The second-order valence-corrected chi connectivity index (χ2v) is 9.59. The number of hydrogen-bond acceptors (Lipinski definition) is 6. The highest BCUT2D eigenvalue weighted by Gasteiger charge is 2.21. The minimum absolute atomic E-state index is 0.0399. The van der Waals surface area contributed by atoms with Crippen molar-refractivity contribution in [3.8, 4) is 11.5 Å². The van der Waals surface area contributed by atoms with Gasteiger partial charge in [0.05, 0.1) is 20.1 Å². The van der Waals surface area contributed by atoms with Crippen molar-refractivity contribution < 1.29 is 18.1 Å². The van der Waals surface area contributed by atoms with Crippen LogP contribution in [0, 0.1) is 10.1 Å². The van der Waals surface area contributed by atoms with E-state index >= 15 is 0 Å². The van der Waals surface area contributed by atoms with Gasteiger partial charge in [-0.3, -0.25) is 10.1 Å². The van der Waals surface area contributed by atoms with Gasteiger partial charge < -0.3 is 10.1 Å². The van der Waals surface area contributed by atoms with Crippen LogP contribution >= 0.6 is 11.6 Å². The Morgan fingerprint density at radius 2 is 1.86 bits per heavy atom. The summed E-state index contributed by atoms with van der Waals surface area (Å²) in [5.74, 6) is 0.602. The van der Waals surface area contributed by atoms with E-state index in [1.54, 1.807) is 13.8 Å². The van der Waals surface area contributed by atoms with Crippen molar-refractivity contribution in [2.45, 2.75) is 50.3 Å². The first-order chi connectivity index (χ1) is 13.1. The van der Waals surface area contributed by atoms with E-state index in [2.05, 4.69) is 5.32 Å². The fourth-order valence-electron chi connectivity index (χ4n) is 2.36. The normalized spacial score (nSPS) is 12.6. The summed E-state index contributed by atoms with van der Waals surface area (Å²) in [5.41, 5.74) is 0.282. The molecule has 0 aliphatic heterocycles. The van der Waals surface area contributed by atoms with Gasteiger partial charge in [-0.05, 0) is 51.5 Å². The SMILES string of the molecule is CCC(C)Nc1cc(Oc2ccc(S(=O)(=O)C(C)C)cc2Cl)ccc1[N+](=O)[O-]. The molecule has 2 aromatic carbocycles. The van der Waals surface area contributed by atoms with E-state index in [-0.39, 0.29) is 27.4 Å². The van der Waals surface area contributed by atoms with Crippen LogP contribution in [0.3, 0.4) is 0 Å². The molecule has 2 rings (SSSR count). The van der Waals surface area contributed by atoms with Gasteiger partial charge in [0.25, 0.3) is 5.69 Å². The Kier molecular flexibility index (Phi) is 6.90. The molecule has 1 N–H and O–H groups in total. The Balaban J connectivity index is 2.35. The fourth-order valence-corrected chi connectivity index (χ4v) is 3.73. The van der Waals surface area contributed by atoms with Gasteiger partial charge in [0, 0.05) is 18.2 Å². The summed E-state index contributed by atoms with van der Waals surface area (Å²) >= 11 is 6.21. The van der Waals surface area contributed by atoms with Crippen LogP contribution in [0.2, 0.25) is 5.02 Å². The standard InChI is InChI=1S/C19H23ClN2O5S/c1-5-13(4)21-17-10-14(6-8-18(17)22(23)24)27-19-9-7-15(11-16(19)20)28(25,26)12(2)3/h6-13,21H,5H2,1-4H3. The van der Waals surface area contributed by atoms with Crippen LogP contribution < -0.4 is 10.1 Å². The van der Waals surface area contributed by atoms with Crippen LogP contribution in [0.15, 0.2) is 41.3 Å². The molecule has 0 aromatic heterocycles. The Labute approximate surface area is 169 Å². The Morgan fingerprint density at radius 3 is 2.39 bits per heavy atom. The Bertz CT molecular complexity index is 976. The summed E-state index contributed by atoms with van der Waals surface area (Å²) in [5, 5.41) is 13.9. The van der Waals surface area contributed by atoms with Crippen LogP contribution in [0.25, 0.3) is 0 Å². The molecule has 0 saturated heterocycles. The maximum atomic E-state index is 12.3. The fraction of sp³-hybridized carbons (Fsp3) is 0.368. The minimum Gasteiger partial charge on any atom is -0.456 e. The van der Waals surface area contributed by atoms with Gasteiger partial charge in [-0.1, -0.05) is 18.5 Å². The molecule has 0 saturated carbocycles. The lowest BCUT2D eigenvalue weighted by atomic mass is 10.2. The molecule has 7 nitrogen and oxygen atoms in total. The first kappa shape index (κ1) is 22.0. The number of nitro groups is 1. The molecule has 2 aromatic rings. The van der Waals surface area contributed by atoms with Gasteiger partial charge in [-0.25, -0.2) is 8.42 Å². The zero-order valence-electron chi connectivity index (χ0n) is 16.1. The number of hydrogen-bond donors (Lipinski definition) is 1. The Hall–Kier alpha value is -2.32. The molecule has 0 fully saturated rings. The van der Waals surface area contributed by atoms with E-state index < -0.39 is 20.0 Å². The van der Waals surface area contributed by atoms with E-state index in [0.29, 0.717) is 11.4 Å². The minimum atomic E-state index is -3.45. The number of benzene rings is 2. The van der Waals surface area contributed by atoms with Gasteiger partial charge in [0.15, 0.2) is 9.84 Å². The number of sulfone groups is 1. The van der Waals surface area contributed by atoms with E-state index in [1.807, 2.05) is 13.8 Å². The zero-order chi connectivity index (χ0) is 21.1. The van der Waals surface area contributed by atoms with Crippen molar-refractivity contribution in [3.63, 3.8) is 0 Å². The lowest BCUT2D eigenvalue weighted by Crippen LogP contribution is -2.14. The number of halogens is 1. The van der Waals surface area contributed by atoms with Gasteiger partial charge >= 0.3 is 0 Å². The van der Waals surface area contributed by atoms with Crippen LogP contribution in [0.1, 0.15) is 34.1 Å². The number of nitro benzene ring substituents is 1. The molecule has 0 aliphatic rings. The van der Waals surface area contributed by atoms with Crippen molar-refractivity contribution >= 4 is 32.8 Å². The van der Waals surface area contributed by atoms with E-state index in [1.165, 1.54) is 36.4 Å². The third-order valence-electron chi connectivity index (χ3n) is 4.26. The molecule has 0 aliphatic carbocycles. The quantitative estimate of drug-likeness (QED) is 0.446. The molecule has 1 unspecified atom stereocenters. The van der Waals surface area contributed by atoms with Gasteiger partial charge in [0.2, 0.25) is 0 Å². The molecule has 152 valence electrons. The maximum Gasteiger partial charge on any atom is 0.292 e. The summed E-state index contributed by atoms with van der Waals surface area (Å²) < 4.78 is 30.3. The van der Waals surface area contributed by atoms with Gasteiger partial charge in [-0.15, -0.1) is 0 Å². The van der Waals surface area contributed by atoms with Crippen molar-refractivity contribution in [1.29, 1.82) is 0 Å². The maximum absolute atomic E-state index is 12.3. The number of ether oxygens (including phenoxy) is 1. The van der Waals surface area contributed by atoms with Crippen molar-refractivity contribution in [1.82, 2.24) is 0 Å². The lowest BCUT2D eigenvalue weighted by Gasteiger charge is -2.15. The third-order valence-corrected chi connectivity index (χ3v) is 6.71. The largest absolute Gasteiger partial charge is 0.456 e. The molecule has 0 spiro atoms. The van der Waals surface area contributed by atoms with E-state index in [0.717, 1.165) is 6.42 Å². The smallest absolute Gasteiger partial charge is 0.292 e. The highest BCUT2D eigenvalue weighted by molar-refractivity contribution is 7.92. The summed E-state index contributed by atoms with van der Waals surface area (Å²) in [4.78, 5) is 10.9. The highest BCUT2D eigenvalue weighted by atomic mass is 35.5. The Morgan fingerprint density at radius 1 is 1.18 bits per heavy atom. The van der Waals surface area contributed by atoms with Gasteiger partial charge in [-0.2, -0.15) is 0 Å². The molecule has 0 radical (unpaired) electrons. The second kappa shape index (κ2) is 8.79. The molecule has 28 heavy (non-hydrogen) atoms. The predicted molar refractivity (Wildman–Crippen MR) is 110 cm³/mol. The van der Waals surface area contributed by atoms with Gasteiger partial charge in [0.1, 0.15) is 17.2 Å². The van der Waals surface area contributed by atoms with E-state index in [9.17, 15) is 18.5 Å². The summed E-state index contributed by atoms with van der Waals surface area (Å²) in [7, 11) is -3.45. The van der Waals surface area contributed by atoms with Crippen LogP contribution in [-0.4, -0.2) is 24.6 Å². The summed E-state index contributed by atoms with van der Waals surface area (Å²) in [6.07, 6.45) is 0.792. The predicted octanol–water partition coefficient (Wildman–Crippen LogP) is 5.43. The molecule has 0 heterocycles. The topological polar surface area (TPSA) is 98.5 Å². The average Bonchev–Trinajstić information content (AvgIpc) is 2.62. The zero-order valence-corrected chi connectivity index (χ0v) is 17.7. The lowest BCUT2D eigenvalue weighted by molar-refractivity contribution is -0.384. The third kappa shape index (κ3) is 4.94. The number of nitrogens with one attached hydrogen (secondary N) is 1. The van der Waals surface area contributed by atoms with E-state index in [4.69, 9.17) is 16.3 Å². The van der Waals surface area contributed by atoms with Crippen LogP contribution in [0.5, 0.6) is 11.5 Å². The summed E-state index contributed by atoms with van der Waals surface area (Å²) in [6.45, 7) is 7.07. The highest BCUT2D eigenvalue weighted by Crippen LogP contribution is 2.36. The van der Waals surface area contributed by atoms with Crippen molar-refractivity contribution in [2.75, 3.05) is 5.32 Å². The van der Waals surface area contributed by atoms with Crippen molar-refractivity contribution in [3.05, 3.63) is 51.5 Å². The monoisotopic (exact) mass is 426 g/mol. The second-order valence-electron chi connectivity index (χ2n) is 6.68. The molecule has 0 bridgehead atoms. The molecule has 1 atom stereocenters. The molecule has 0 amide bonds. The number of nitrogens with zero attached hydrogens (tertiary/aromatic N) is 1. The van der Waals surface area contributed by atoms with Crippen LogP contribution in [-0.2, 0) is 9.84 Å². The van der Waals surface area contributed by atoms with Crippen LogP contribution in [0.4, 0.5) is 11.4 Å². The summed E-state index contributed by atoms with van der Waals surface area (Å²) in [6, 6.07) is 8.63. The van der Waals surface area contributed by atoms with Crippen molar-refractivity contribution in [2.24, 2.45) is 0 Å². The first-order valence-corrected chi connectivity index (χ1v) is 10.7. The average molecular weight is 427 g/mol. The number of anilines is 1. The molecular weight excluding hydrogens is 404 g/mol. The molecule has 9 heteroatoms. The first-order valence-electron chi connectivity index (χ1n) is 8.82. The molecular formula is C19H23ClN2O5S. The number of rotatable bonds is 8.